The van der Waals surface area contributed by atoms with Crippen molar-refractivity contribution in [1.29, 1.82) is 0 Å². The van der Waals surface area contributed by atoms with Gasteiger partial charge in [0.05, 0.1) is 12.3 Å². The van der Waals surface area contributed by atoms with Crippen molar-refractivity contribution in [3.63, 3.8) is 0 Å². The molecule has 2 heterocycles. The summed E-state index contributed by atoms with van der Waals surface area (Å²) in [5.74, 6) is 0. The predicted molar refractivity (Wildman–Crippen MR) is 94.8 cm³/mol. The smallest absolute Gasteiger partial charge is 0.137 e. The van der Waals surface area contributed by atoms with Gasteiger partial charge in [0.1, 0.15) is 5.65 Å². The van der Waals surface area contributed by atoms with Crippen LogP contribution in [-0.2, 0) is 13.0 Å². The molecule has 0 bridgehead atoms. The van der Waals surface area contributed by atoms with E-state index in [0.717, 1.165) is 30.7 Å². The number of rotatable bonds is 5. The Bertz CT molecular complexity index is 793. The third kappa shape index (κ3) is 2.95. The summed E-state index contributed by atoms with van der Waals surface area (Å²) in [7, 11) is 0. The van der Waals surface area contributed by atoms with Gasteiger partial charge < -0.3 is 9.51 Å². The van der Waals surface area contributed by atoms with Crippen LogP contribution in [0.25, 0.3) is 5.65 Å². The maximum atomic E-state index is 9.57. The fraction of sp³-hybridized carbons (Fsp3) is 0.350. The number of nitrogens with zero attached hydrogens (tertiary/aromatic N) is 3. The average Bonchev–Trinajstić information content (AvgIpc) is 3.03. The number of hydrogen-bond acceptors (Lipinski definition) is 3. The number of imidazole rings is 1. The first kappa shape index (κ1) is 15.4. The summed E-state index contributed by atoms with van der Waals surface area (Å²) in [5, 5.41) is 9.57. The van der Waals surface area contributed by atoms with E-state index in [9.17, 15) is 5.11 Å². The minimum absolute atomic E-state index is 0.173. The van der Waals surface area contributed by atoms with Gasteiger partial charge >= 0.3 is 0 Å². The molecule has 1 N–H and O–H groups in total. The van der Waals surface area contributed by atoms with E-state index in [-0.39, 0.29) is 6.61 Å². The Kier molecular flexibility index (Phi) is 4.32. The summed E-state index contributed by atoms with van der Waals surface area (Å²) >= 11 is 0. The van der Waals surface area contributed by atoms with Crippen LogP contribution in [0.1, 0.15) is 35.7 Å². The maximum absolute atomic E-state index is 9.57. The van der Waals surface area contributed by atoms with Gasteiger partial charge in [-0.15, -0.1) is 0 Å². The summed E-state index contributed by atoms with van der Waals surface area (Å²) in [5.41, 5.74) is 4.89. The first-order chi connectivity index (χ1) is 11.8. The summed E-state index contributed by atoms with van der Waals surface area (Å²) in [4.78, 5) is 7.10. The highest BCUT2D eigenvalue weighted by molar-refractivity contribution is 5.39. The molecule has 0 radical (unpaired) electrons. The van der Waals surface area contributed by atoms with Gasteiger partial charge in [-0.3, -0.25) is 4.90 Å². The fourth-order valence-electron chi connectivity index (χ4n) is 3.85. The number of aryl methyl sites for hydroxylation is 1. The maximum Gasteiger partial charge on any atom is 0.137 e. The van der Waals surface area contributed by atoms with Gasteiger partial charge in [-0.25, -0.2) is 4.98 Å². The van der Waals surface area contributed by atoms with Gasteiger partial charge in [-0.05, 0) is 42.5 Å². The molecular formula is C20H23N3O. The van der Waals surface area contributed by atoms with Crippen molar-refractivity contribution in [3.8, 4) is 0 Å². The van der Waals surface area contributed by atoms with Gasteiger partial charge in [0.25, 0.3) is 0 Å². The van der Waals surface area contributed by atoms with Crippen LogP contribution in [0.2, 0.25) is 0 Å². The highest BCUT2D eigenvalue weighted by Crippen LogP contribution is 2.34. The molecule has 0 aliphatic heterocycles. The monoisotopic (exact) mass is 321 g/mol. The van der Waals surface area contributed by atoms with E-state index in [0.29, 0.717) is 12.6 Å². The molecule has 2 aromatic heterocycles. The van der Waals surface area contributed by atoms with Gasteiger partial charge in [0, 0.05) is 31.5 Å². The van der Waals surface area contributed by atoms with E-state index in [1.807, 2.05) is 24.4 Å². The van der Waals surface area contributed by atoms with Crippen molar-refractivity contribution >= 4 is 5.65 Å². The van der Waals surface area contributed by atoms with Crippen LogP contribution in [0.5, 0.6) is 0 Å². The SMILES string of the molecule is OCCN(Cc1cn2ccccc2n1)C1CCCc2ccccc21. The number of fused-ring (bicyclic) bond motifs is 2. The second-order valence-corrected chi connectivity index (χ2v) is 6.50. The lowest BCUT2D eigenvalue weighted by atomic mass is 9.86. The van der Waals surface area contributed by atoms with Gasteiger partial charge in [-0.1, -0.05) is 30.3 Å². The summed E-state index contributed by atoms with van der Waals surface area (Å²) in [6, 6.07) is 15.1. The second kappa shape index (κ2) is 6.75. The van der Waals surface area contributed by atoms with Crippen LogP contribution in [0.3, 0.4) is 0 Å². The Labute approximate surface area is 142 Å². The Balaban J connectivity index is 1.63. The molecule has 1 unspecified atom stereocenters. The molecule has 0 saturated heterocycles. The van der Waals surface area contributed by atoms with Crippen LogP contribution >= 0.6 is 0 Å². The number of aliphatic hydroxyl groups excluding tert-OH is 1. The zero-order chi connectivity index (χ0) is 16.4. The minimum Gasteiger partial charge on any atom is -0.395 e. The van der Waals surface area contributed by atoms with E-state index in [1.54, 1.807) is 0 Å². The Morgan fingerprint density at radius 2 is 2.04 bits per heavy atom. The second-order valence-electron chi connectivity index (χ2n) is 6.50. The number of aliphatic hydroxyl groups is 1. The highest BCUT2D eigenvalue weighted by Gasteiger charge is 2.26. The summed E-state index contributed by atoms with van der Waals surface area (Å²) in [6.07, 6.45) is 7.62. The Morgan fingerprint density at radius 3 is 2.92 bits per heavy atom. The van der Waals surface area contributed by atoms with Crippen LogP contribution in [-0.4, -0.2) is 32.5 Å². The topological polar surface area (TPSA) is 40.8 Å². The van der Waals surface area contributed by atoms with Crippen LogP contribution < -0.4 is 0 Å². The largest absolute Gasteiger partial charge is 0.395 e. The van der Waals surface area contributed by atoms with E-state index in [4.69, 9.17) is 4.98 Å². The first-order valence-corrected chi connectivity index (χ1v) is 8.70. The molecule has 1 aliphatic carbocycles. The van der Waals surface area contributed by atoms with Gasteiger partial charge in [-0.2, -0.15) is 0 Å². The lowest BCUT2D eigenvalue weighted by molar-refractivity contribution is 0.130. The Hall–Kier alpha value is -2.17. The summed E-state index contributed by atoms with van der Waals surface area (Å²) in [6.45, 7) is 1.61. The molecular weight excluding hydrogens is 298 g/mol. The minimum atomic E-state index is 0.173. The highest BCUT2D eigenvalue weighted by atomic mass is 16.3. The van der Waals surface area contributed by atoms with Crippen LogP contribution in [0, 0.1) is 0 Å². The third-order valence-electron chi connectivity index (χ3n) is 4.94. The van der Waals surface area contributed by atoms with Crippen molar-refractivity contribution in [2.45, 2.75) is 31.8 Å². The zero-order valence-corrected chi connectivity index (χ0v) is 13.8. The summed E-state index contributed by atoms with van der Waals surface area (Å²) < 4.78 is 2.06. The van der Waals surface area contributed by atoms with Crippen LogP contribution in [0.4, 0.5) is 0 Å². The number of benzene rings is 1. The molecule has 1 aliphatic rings. The van der Waals surface area contributed by atoms with Crippen molar-refractivity contribution in [3.05, 3.63) is 71.7 Å². The normalized spacial score (nSPS) is 17.3. The number of pyridine rings is 1. The third-order valence-corrected chi connectivity index (χ3v) is 4.94. The Morgan fingerprint density at radius 1 is 1.17 bits per heavy atom. The molecule has 4 rings (SSSR count). The standard InChI is InChI=1S/C20H23N3O/c24-13-12-22(14-17-15-23-11-4-3-10-20(23)21-17)19-9-5-7-16-6-1-2-8-18(16)19/h1-4,6,8,10-11,15,19,24H,5,7,9,12-14H2. The molecule has 1 aromatic carbocycles. The molecule has 24 heavy (non-hydrogen) atoms. The van der Waals surface area contributed by atoms with Crippen molar-refractivity contribution < 1.29 is 5.11 Å². The van der Waals surface area contributed by atoms with Gasteiger partial charge in [0.15, 0.2) is 0 Å². The van der Waals surface area contributed by atoms with E-state index < -0.39 is 0 Å². The fourth-order valence-corrected chi connectivity index (χ4v) is 3.85. The molecule has 1 atom stereocenters. The van der Waals surface area contributed by atoms with E-state index >= 15 is 0 Å². The van der Waals surface area contributed by atoms with Gasteiger partial charge in [0.2, 0.25) is 0 Å². The first-order valence-electron chi connectivity index (χ1n) is 8.70. The molecule has 4 heteroatoms. The van der Waals surface area contributed by atoms with E-state index in [2.05, 4.69) is 39.8 Å². The molecule has 3 aromatic rings. The van der Waals surface area contributed by atoms with Crippen molar-refractivity contribution in [2.24, 2.45) is 0 Å². The quantitative estimate of drug-likeness (QED) is 0.784. The lowest BCUT2D eigenvalue weighted by Crippen LogP contribution is -2.33. The number of aromatic nitrogens is 2. The lowest BCUT2D eigenvalue weighted by Gasteiger charge is -2.35. The molecule has 4 nitrogen and oxygen atoms in total. The van der Waals surface area contributed by atoms with Crippen molar-refractivity contribution in [1.82, 2.24) is 14.3 Å². The predicted octanol–water partition coefficient (Wildman–Crippen LogP) is 3.21. The number of hydrogen-bond donors (Lipinski definition) is 1. The van der Waals surface area contributed by atoms with Crippen molar-refractivity contribution in [2.75, 3.05) is 13.2 Å². The zero-order valence-electron chi connectivity index (χ0n) is 13.8. The van der Waals surface area contributed by atoms with Crippen LogP contribution in [0.15, 0.2) is 54.9 Å². The molecule has 124 valence electrons. The molecule has 0 fully saturated rings. The molecule has 0 amide bonds. The molecule has 0 spiro atoms. The average molecular weight is 321 g/mol. The van der Waals surface area contributed by atoms with E-state index in [1.165, 1.54) is 17.5 Å². The molecule has 0 saturated carbocycles.